The van der Waals surface area contributed by atoms with Crippen LogP contribution in [0.1, 0.15) is 24.3 Å². The second kappa shape index (κ2) is 7.96. The summed E-state index contributed by atoms with van der Waals surface area (Å²) in [5, 5.41) is 19.1. The normalized spacial score (nSPS) is 14.4. The third-order valence-corrected chi connectivity index (χ3v) is 4.17. The van der Waals surface area contributed by atoms with Crippen molar-refractivity contribution >= 4 is 17.3 Å². The first kappa shape index (κ1) is 16.5. The number of nitrogens with one attached hydrogen (secondary N) is 2. The van der Waals surface area contributed by atoms with Crippen LogP contribution in [0.4, 0.5) is 0 Å². The van der Waals surface area contributed by atoms with Gasteiger partial charge in [-0.05, 0) is 30.9 Å². The smallest absolute Gasteiger partial charge is 0.191 e. The number of aliphatic imine (C=N–C) groups is 1. The standard InChI is InChI=1S/C17H23N3OS/c1-3-18-16(19-12-15-10-7-11-22-15)20-13-17(2,21)14-8-5-4-6-9-14/h4-11,21H,3,12-13H2,1-2H3,(H2,18,19,20). The molecule has 0 aliphatic rings. The molecule has 1 unspecified atom stereocenters. The second-order valence-electron chi connectivity index (χ2n) is 5.27. The van der Waals surface area contributed by atoms with Crippen molar-refractivity contribution in [3.05, 3.63) is 58.3 Å². The molecule has 1 aromatic heterocycles. The Morgan fingerprint density at radius 3 is 2.59 bits per heavy atom. The lowest BCUT2D eigenvalue weighted by atomic mass is 9.96. The quantitative estimate of drug-likeness (QED) is 0.567. The van der Waals surface area contributed by atoms with Crippen LogP contribution in [-0.4, -0.2) is 24.2 Å². The van der Waals surface area contributed by atoms with Gasteiger partial charge in [-0.15, -0.1) is 11.3 Å². The maximum atomic E-state index is 10.6. The fourth-order valence-electron chi connectivity index (χ4n) is 2.06. The van der Waals surface area contributed by atoms with E-state index >= 15 is 0 Å². The Morgan fingerprint density at radius 2 is 1.95 bits per heavy atom. The number of hydrogen-bond acceptors (Lipinski definition) is 3. The summed E-state index contributed by atoms with van der Waals surface area (Å²) in [6.07, 6.45) is 0. The van der Waals surface area contributed by atoms with Gasteiger partial charge >= 0.3 is 0 Å². The molecular weight excluding hydrogens is 294 g/mol. The van der Waals surface area contributed by atoms with Crippen LogP contribution >= 0.6 is 11.3 Å². The van der Waals surface area contributed by atoms with E-state index in [1.165, 1.54) is 4.88 Å². The van der Waals surface area contributed by atoms with Gasteiger partial charge in [0.15, 0.2) is 5.96 Å². The van der Waals surface area contributed by atoms with E-state index in [4.69, 9.17) is 0 Å². The summed E-state index contributed by atoms with van der Waals surface area (Å²) in [6, 6.07) is 13.8. The highest BCUT2D eigenvalue weighted by Gasteiger charge is 2.22. The summed E-state index contributed by atoms with van der Waals surface area (Å²) < 4.78 is 0. The Kier molecular flexibility index (Phi) is 5.98. The number of guanidine groups is 1. The van der Waals surface area contributed by atoms with Crippen molar-refractivity contribution in [2.75, 3.05) is 13.1 Å². The number of benzene rings is 1. The van der Waals surface area contributed by atoms with Crippen LogP contribution in [0.3, 0.4) is 0 Å². The molecule has 1 aromatic carbocycles. The van der Waals surface area contributed by atoms with Crippen LogP contribution in [0, 0.1) is 0 Å². The SMILES string of the molecule is CCNC(=NCc1cccs1)NCC(C)(O)c1ccccc1. The predicted octanol–water partition coefficient (Wildman–Crippen LogP) is 2.71. The Labute approximate surface area is 135 Å². The van der Waals surface area contributed by atoms with Gasteiger partial charge in [0.05, 0.1) is 13.1 Å². The Hall–Kier alpha value is -1.85. The Balaban J connectivity index is 1.97. The Morgan fingerprint density at radius 1 is 1.18 bits per heavy atom. The second-order valence-corrected chi connectivity index (χ2v) is 6.30. The fraction of sp³-hybridized carbons (Fsp3) is 0.353. The molecule has 4 nitrogen and oxygen atoms in total. The van der Waals surface area contributed by atoms with Gasteiger partial charge in [0, 0.05) is 11.4 Å². The molecule has 0 amide bonds. The molecule has 0 fully saturated rings. The first-order valence-corrected chi connectivity index (χ1v) is 8.32. The van der Waals surface area contributed by atoms with Crippen LogP contribution in [0.15, 0.2) is 52.8 Å². The van der Waals surface area contributed by atoms with Gasteiger partial charge in [0.25, 0.3) is 0 Å². The molecule has 5 heteroatoms. The zero-order valence-electron chi connectivity index (χ0n) is 13.0. The largest absolute Gasteiger partial charge is 0.384 e. The predicted molar refractivity (Wildman–Crippen MR) is 93.2 cm³/mol. The van der Waals surface area contributed by atoms with E-state index in [1.54, 1.807) is 18.3 Å². The van der Waals surface area contributed by atoms with E-state index < -0.39 is 5.60 Å². The first-order valence-electron chi connectivity index (χ1n) is 7.44. The monoisotopic (exact) mass is 317 g/mol. The molecule has 22 heavy (non-hydrogen) atoms. The molecule has 2 rings (SSSR count). The van der Waals surface area contributed by atoms with E-state index in [0.717, 1.165) is 12.1 Å². The van der Waals surface area contributed by atoms with Crippen LogP contribution in [0.5, 0.6) is 0 Å². The van der Waals surface area contributed by atoms with E-state index in [-0.39, 0.29) is 0 Å². The van der Waals surface area contributed by atoms with Gasteiger partial charge in [0.1, 0.15) is 5.60 Å². The molecule has 3 N–H and O–H groups in total. The lowest BCUT2D eigenvalue weighted by Gasteiger charge is -2.25. The third-order valence-electron chi connectivity index (χ3n) is 3.31. The van der Waals surface area contributed by atoms with Crippen LogP contribution < -0.4 is 10.6 Å². The van der Waals surface area contributed by atoms with Crippen LogP contribution in [0.25, 0.3) is 0 Å². The molecule has 0 saturated heterocycles. The molecular formula is C17H23N3OS. The first-order chi connectivity index (χ1) is 10.6. The van der Waals surface area contributed by atoms with Crippen molar-refractivity contribution in [1.82, 2.24) is 10.6 Å². The molecule has 0 spiro atoms. The maximum Gasteiger partial charge on any atom is 0.191 e. The van der Waals surface area contributed by atoms with Crippen molar-refractivity contribution in [3.63, 3.8) is 0 Å². The lowest BCUT2D eigenvalue weighted by Crippen LogP contribution is -2.44. The number of aliphatic hydroxyl groups is 1. The van der Waals surface area contributed by atoms with Crippen LogP contribution in [-0.2, 0) is 12.1 Å². The molecule has 118 valence electrons. The van der Waals surface area contributed by atoms with Gasteiger partial charge in [-0.25, -0.2) is 4.99 Å². The van der Waals surface area contributed by atoms with E-state index in [1.807, 2.05) is 48.7 Å². The van der Waals surface area contributed by atoms with Gasteiger partial charge in [-0.1, -0.05) is 36.4 Å². The summed E-state index contributed by atoms with van der Waals surface area (Å²) in [5.41, 5.74) is -0.0583. The van der Waals surface area contributed by atoms with Gasteiger partial charge in [-0.3, -0.25) is 0 Å². The maximum absolute atomic E-state index is 10.6. The summed E-state index contributed by atoms with van der Waals surface area (Å²) in [5.74, 6) is 0.715. The minimum absolute atomic E-state index is 0.396. The van der Waals surface area contributed by atoms with Crippen molar-refractivity contribution in [2.24, 2.45) is 4.99 Å². The lowest BCUT2D eigenvalue weighted by molar-refractivity contribution is 0.0617. The summed E-state index contributed by atoms with van der Waals surface area (Å²) in [4.78, 5) is 5.76. The molecule has 1 atom stereocenters. The molecule has 2 aromatic rings. The molecule has 0 bridgehead atoms. The summed E-state index contributed by atoms with van der Waals surface area (Å²) >= 11 is 1.69. The molecule has 0 aliphatic heterocycles. The van der Waals surface area contributed by atoms with Crippen molar-refractivity contribution < 1.29 is 5.11 Å². The minimum Gasteiger partial charge on any atom is -0.384 e. The van der Waals surface area contributed by atoms with Gasteiger partial charge in [-0.2, -0.15) is 0 Å². The van der Waals surface area contributed by atoms with Crippen LogP contribution in [0.2, 0.25) is 0 Å². The van der Waals surface area contributed by atoms with Crippen molar-refractivity contribution in [3.8, 4) is 0 Å². The van der Waals surface area contributed by atoms with Crippen molar-refractivity contribution in [1.29, 1.82) is 0 Å². The van der Waals surface area contributed by atoms with Gasteiger partial charge < -0.3 is 15.7 Å². The zero-order chi connectivity index (χ0) is 15.8. The molecule has 0 saturated carbocycles. The number of thiophene rings is 1. The molecule has 0 radical (unpaired) electrons. The van der Waals surface area contributed by atoms with E-state index in [0.29, 0.717) is 19.0 Å². The zero-order valence-corrected chi connectivity index (χ0v) is 13.9. The highest BCUT2D eigenvalue weighted by atomic mass is 32.1. The average molecular weight is 317 g/mol. The van der Waals surface area contributed by atoms with E-state index in [2.05, 4.69) is 21.7 Å². The number of hydrogen-bond donors (Lipinski definition) is 3. The minimum atomic E-state index is -0.944. The third kappa shape index (κ3) is 4.86. The highest BCUT2D eigenvalue weighted by molar-refractivity contribution is 7.09. The van der Waals surface area contributed by atoms with E-state index in [9.17, 15) is 5.11 Å². The summed E-state index contributed by atoms with van der Waals surface area (Å²) in [7, 11) is 0. The Bertz CT molecular complexity index is 579. The van der Waals surface area contributed by atoms with Gasteiger partial charge in [0.2, 0.25) is 0 Å². The topological polar surface area (TPSA) is 56.7 Å². The fourth-order valence-corrected chi connectivity index (χ4v) is 2.68. The highest BCUT2D eigenvalue weighted by Crippen LogP contribution is 2.18. The van der Waals surface area contributed by atoms with Crippen molar-refractivity contribution in [2.45, 2.75) is 26.0 Å². The molecule has 1 heterocycles. The molecule has 0 aliphatic carbocycles. The average Bonchev–Trinajstić information content (AvgIpc) is 3.04. The number of rotatable bonds is 6. The summed E-state index contributed by atoms with van der Waals surface area (Å²) in [6.45, 7) is 5.65. The number of nitrogens with zero attached hydrogens (tertiary/aromatic N) is 1.